The van der Waals surface area contributed by atoms with Gasteiger partial charge in [-0.1, -0.05) is 42.5 Å². The number of hydrogen-bond acceptors (Lipinski definition) is 8. The standard InChI is InChI=1S/C28H24N8O4S/c37-26(29-15-16-30-28(41)31-21-10-12-22(13-11-21)36(38)39)18-35-33-27(32-34-35)24-7-3-4-8-25(24)40-23-14-9-19-5-1-2-6-20(19)17-23/h1-14,17H,15-16,18H2,(H,29,37)(H2,30,31,41). The summed E-state index contributed by atoms with van der Waals surface area (Å²) in [6.07, 6.45) is 0. The summed E-state index contributed by atoms with van der Waals surface area (Å²) in [4.78, 5) is 23.9. The first-order valence-electron chi connectivity index (χ1n) is 12.5. The minimum atomic E-state index is -0.473. The number of anilines is 1. The first-order valence-corrected chi connectivity index (χ1v) is 13.0. The van der Waals surface area contributed by atoms with Gasteiger partial charge in [0.05, 0.1) is 10.5 Å². The molecule has 5 aromatic rings. The van der Waals surface area contributed by atoms with E-state index >= 15 is 0 Å². The van der Waals surface area contributed by atoms with Gasteiger partial charge in [0.2, 0.25) is 11.7 Å². The van der Waals surface area contributed by atoms with E-state index in [0.29, 0.717) is 46.8 Å². The number of nitrogens with one attached hydrogen (secondary N) is 3. The number of non-ortho nitro benzene ring substituents is 1. The van der Waals surface area contributed by atoms with Crippen molar-refractivity contribution in [2.45, 2.75) is 6.54 Å². The van der Waals surface area contributed by atoms with E-state index in [4.69, 9.17) is 17.0 Å². The Morgan fingerprint density at radius 3 is 2.46 bits per heavy atom. The van der Waals surface area contributed by atoms with Gasteiger partial charge in [0, 0.05) is 30.9 Å². The fourth-order valence-corrected chi connectivity index (χ4v) is 4.14. The number of thiocarbonyl (C=S) groups is 1. The van der Waals surface area contributed by atoms with Gasteiger partial charge >= 0.3 is 0 Å². The third-order valence-corrected chi connectivity index (χ3v) is 6.13. The van der Waals surface area contributed by atoms with Crippen molar-refractivity contribution in [1.82, 2.24) is 30.8 Å². The molecule has 1 heterocycles. The van der Waals surface area contributed by atoms with E-state index < -0.39 is 4.92 Å². The summed E-state index contributed by atoms with van der Waals surface area (Å²) in [7, 11) is 0. The second kappa shape index (κ2) is 12.6. The highest BCUT2D eigenvalue weighted by atomic mass is 32.1. The van der Waals surface area contributed by atoms with Crippen molar-refractivity contribution in [2.24, 2.45) is 0 Å². The summed E-state index contributed by atoms with van der Waals surface area (Å²) in [6.45, 7) is 0.539. The van der Waals surface area contributed by atoms with E-state index in [2.05, 4.69) is 31.4 Å². The Bertz CT molecular complexity index is 1710. The molecule has 0 saturated carbocycles. The molecule has 4 aromatic carbocycles. The average Bonchev–Trinajstić information content (AvgIpc) is 3.44. The predicted octanol–water partition coefficient (Wildman–Crippen LogP) is 4.30. The SMILES string of the molecule is O=C(Cn1nnc(-c2ccccc2Oc2ccc3ccccc3c2)n1)NCCNC(=S)Nc1ccc([N+](=O)[O-])cc1. The molecule has 5 rings (SSSR count). The highest BCUT2D eigenvalue weighted by molar-refractivity contribution is 7.80. The van der Waals surface area contributed by atoms with E-state index in [1.807, 2.05) is 66.7 Å². The van der Waals surface area contributed by atoms with E-state index in [1.165, 1.54) is 16.9 Å². The molecule has 41 heavy (non-hydrogen) atoms. The van der Waals surface area contributed by atoms with Crippen LogP contribution in [0.5, 0.6) is 11.5 Å². The normalized spacial score (nSPS) is 10.6. The van der Waals surface area contributed by atoms with Crippen molar-refractivity contribution in [3.8, 4) is 22.9 Å². The lowest BCUT2D eigenvalue weighted by atomic mass is 10.1. The van der Waals surface area contributed by atoms with Crippen LogP contribution in [0.1, 0.15) is 0 Å². The Kier molecular flexibility index (Phi) is 8.35. The Morgan fingerprint density at radius 1 is 0.927 bits per heavy atom. The fraction of sp³-hybridized carbons (Fsp3) is 0.107. The largest absolute Gasteiger partial charge is 0.457 e. The molecule has 1 amide bonds. The van der Waals surface area contributed by atoms with Crippen molar-refractivity contribution in [1.29, 1.82) is 0 Å². The highest BCUT2D eigenvalue weighted by Crippen LogP contribution is 2.32. The molecule has 0 fully saturated rings. The van der Waals surface area contributed by atoms with E-state index in [0.717, 1.165) is 10.8 Å². The fourth-order valence-electron chi connectivity index (χ4n) is 3.92. The molecule has 0 aliphatic heterocycles. The topological polar surface area (TPSA) is 149 Å². The number of nitro groups is 1. The number of hydrogen-bond donors (Lipinski definition) is 3. The minimum Gasteiger partial charge on any atom is -0.457 e. The molecule has 0 atom stereocenters. The number of nitro benzene ring substituents is 1. The molecule has 0 spiro atoms. The molecule has 0 bridgehead atoms. The number of aromatic nitrogens is 4. The first-order chi connectivity index (χ1) is 19.9. The maximum absolute atomic E-state index is 12.4. The average molecular weight is 569 g/mol. The van der Waals surface area contributed by atoms with Gasteiger partial charge in [-0.15, -0.1) is 10.2 Å². The van der Waals surface area contributed by atoms with Crippen LogP contribution < -0.4 is 20.7 Å². The molecule has 3 N–H and O–H groups in total. The number of para-hydroxylation sites is 1. The zero-order valence-corrected chi connectivity index (χ0v) is 22.4. The van der Waals surface area contributed by atoms with Crippen LogP contribution in [0.25, 0.3) is 22.2 Å². The van der Waals surface area contributed by atoms with Gasteiger partial charge in [-0.2, -0.15) is 4.80 Å². The first kappa shape index (κ1) is 27.1. The number of benzene rings is 4. The molecule has 1 aromatic heterocycles. The Hall–Kier alpha value is -5.43. The number of carbonyl (C=O) groups is 1. The van der Waals surface area contributed by atoms with E-state index in [-0.39, 0.29) is 18.1 Å². The van der Waals surface area contributed by atoms with Gasteiger partial charge in [-0.25, -0.2) is 0 Å². The van der Waals surface area contributed by atoms with Gasteiger partial charge in [0.15, 0.2) is 5.11 Å². The van der Waals surface area contributed by atoms with Crippen LogP contribution in [0.15, 0.2) is 91.0 Å². The highest BCUT2D eigenvalue weighted by Gasteiger charge is 2.14. The second-order valence-electron chi connectivity index (χ2n) is 8.79. The van der Waals surface area contributed by atoms with Crippen molar-refractivity contribution >= 4 is 45.4 Å². The summed E-state index contributed by atoms with van der Waals surface area (Å²) in [5, 5.41) is 34.4. The molecule has 13 heteroatoms. The van der Waals surface area contributed by atoms with Crippen LogP contribution in [0.2, 0.25) is 0 Å². The number of amides is 1. The van der Waals surface area contributed by atoms with E-state index in [1.54, 1.807) is 12.1 Å². The molecule has 0 radical (unpaired) electrons. The molecular formula is C28H24N8O4S. The Morgan fingerprint density at radius 2 is 1.66 bits per heavy atom. The maximum atomic E-state index is 12.4. The molecule has 12 nitrogen and oxygen atoms in total. The Balaban J connectivity index is 1.11. The summed E-state index contributed by atoms with van der Waals surface area (Å²) in [5.41, 5.74) is 1.24. The third-order valence-electron chi connectivity index (χ3n) is 5.88. The number of nitrogens with zero attached hydrogens (tertiary/aromatic N) is 5. The van der Waals surface area contributed by atoms with Crippen LogP contribution in [0.3, 0.4) is 0 Å². The number of carbonyl (C=O) groups excluding carboxylic acids is 1. The summed E-state index contributed by atoms with van der Waals surface area (Å²) >= 11 is 5.21. The summed E-state index contributed by atoms with van der Waals surface area (Å²) < 4.78 is 6.15. The summed E-state index contributed by atoms with van der Waals surface area (Å²) in [6, 6.07) is 27.1. The minimum absolute atomic E-state index is 0.00955. The molecule has 0 aliphatic carbocycles. The van der Waals surface area contributed by atoms with Crippen LogP contribution in [-0.2, 0) is 11.3 Å². The van der Waals surface area contributed by atoms with Gasteiger partial charge in [-0.05, 0) is 64.6 Å². The molecule has 0 aliphatic rings. The molecule has 0 saturated heterocycles. The second-order valence-corrected chi connectivity index (χ2v) is 9.19. The van der Waals surface area contributed by atoms with Gasteiger partial charge in [0.1, 0.15) is 18.0 Å². The van der Waals surface area contributed by atoms with Gasteiger partial charge in [0.25, 0.3) is 5.69 Å². The van der Waals surface area contributed by atoms with Crippen molar-refractivity contribution in [3.05, 3.63) is 101 Å². The van der Waals surface area contributed by atoms with Gasteiger partial charge in [-0.3, -0.25) is 14.9 Å². The van der Waals surface area contributed by atoms with Crippen molar-refractivity contribution in [2.75, 3.05) is 18.4 Å². The lowest BCUT2D eigenvalue weighted by Gasteiger charge is -2.11. The smallest absolute Gasteiger partial charge is 0.269 e. The quantitative estimate of drug-likeness (QED) is 0.0963. The lowest BCUT2D eigenvalue weighted by molar-refractivity contribution is -0.384. The molecule has 0 unspecified atom stereocenters. The maximum Gasteiger partial charge on any atom is 0.269 e. The monoisotopic (exact) mass is 568 g/mol. The van der Waals surface area contributed by atoms with Crippen LogP contribution in [0, 0.1) is 10.1 Å². The van der Waals surface area contributed by atoms with Crippen LogP contribution >= 0.6 is 12.2 Å². The predicted molar refractivity (Wildman–Crippen MR) is 158 cm³/mol. The number of tetrazole rings is 1. The third kappa shape index (κ3) is 7.16. The van der Waals surface area contributed by atoms with E-state index in [9.17, 15) is 14.9 Å². The van der Waals surface area contributed by atoms with Crippen molar-refractivity contribution in [3.63, 3.8) is 0 Å². The number of fused-ring (bicyclic) bond motifs is 1. The van der Waals surface area contributed by atoms with Crippen LogP contribution in [0.4, 0.5) is 11.4 Å². The zero-order valence-electron chi connectivity index (χ0n) is 21.6. The van der Waals surface area contributed by atoms with Crippen LogP contribution in [-0.4, -0.2) is 49.2 Å². The summed E-state index contributed by atoms with van der Waals surface area (Å²) in [5.74, 6) is 1.28. The number of ether oxygens (including phenoxy) is 1. The van der Waals surface area contributed by atoms with Gasteiger partial charge < -0.3 is 20.7 Å². The van der Waals surface area contributed by atoms with Crippen molar-refractivity contribution < 1.29 is 14.5 Å². The lowest BCUT2D eigenvalue weighted by Crippen LogP contribution is -2.38. The zero-order chi connectivity index (χ0) is 28.6. The molecule has 206 valence electrons. The Labute approximate surface area is 239 Å². The molecular weight excluding hydrogens is 544 g/mol. The number of rotatable bonds is 10.